The SMILES string of the molecule is C=C(O/C(=C\N)c1cc(C)nc(CC(C)C)c1)c1cc(C)nc(C)c1. The highest BCUT2D eigenvalue weighted by molar-refractivity contribution is 5.69. The molecule has 2 rings (SSSR count). The summed E-state index contributed by atoms with van der Waals surface area (Å²) in [5.74, 6) is 1.66. The summed E-state index contributed by atoms with van der Waals surface area (Å²) < 4.78 is 5.98. The van der Waals surface area contributed by atoms with Gasteiger partial charge >= 0.3 is 0 Å². The first-order valence-electron chi connectivity index (χ1n) is 8.50. The molecule has 2 heterocycles. The van der Waals surface area contributed by atoms with Gasteiger partial charge in [-0.3, -0.25) is 9.97 Å². The van der Waals surface area contributed by atoms with E-state index in [2.05, 4.69) is 30.4 Å². The monoisotopic (exact) mass is 337 g/mol. The number of nitrogens with zero attached hydrogens (tertiary/aromatic N) is 2. The summed E-state index contributed by atoms with van der Waals surface area (Å²) in [5.41, 5.74) is 11.5. The van der Waals surface area contributed by atoms with Crippen LogP contribution in [-0.4, -0.2) is 9.97 Å². The fourth-order valence-electron chi connectivity index (χ4n) is 2.78. The van der Waals surface area contributed by atoms with Gasteiger partial charge in [0.05, 0.1) is 0 Å². The minimum Gasteiger partial charge on any atom is -0.455 e. The van der Waals surface area contributed by atoms with Gasteiger partial charge in [-0.2, -0.15) is 0 Å². The quantitative estimate of drug-likeness (QED) is 0.786. The Balaban J connectivity index is 2.28. The molecule has 0 aliphatic carbocycles. The Morgan fingerprint density at radius 2 is 1.60 bits per heavy atom. The second kappa shape index (κ2) is 7.97. The molecule has 0 aromatic carbocycles. The van der Waals surface area contributed by atoms with Crippen molar-refractivity contribution < 1.29 is 4.74 Å². The lowest BCUT2D eigenvalue weighted by Crippen LogP contribution is -2.03. The smallest absolute Gasteiger partial charge is 0.150 e. The number of aryl methyl sites for hydroxylation is 3. The van der Waals surface area contributed by atoms with Crippen LogP contribution in [0.25, 0.3) is 11.5 Å². The Bertz CT molecular complexity index is 787. The van der Waals surface area contributed by atoms with Gasteiger partial charge in [-0.1, -0.05) is 20.4 Å². The molecule has 0 saturated heterocycles. The average Bonchev–Trinajstić information content (AvgIpc) is 2.50. The van der Waals surface area contributed by atoms with Crippen LogP contribution in [0.5, 0.6) is 0 Å². The van der Waals surface area contributed by atoms with Crippen molar-refractivity contribution in [3.05, 3.63) is 70.9 Å². The summed E-state index contributed by atoms with van der Waals surface area (Å²) in [4.78, 5) is 8.98. The van der Waals surface area contributed by atoms with Crippen molar-refractivity contribution in [1.82, 2.24) is 9.97 Å². The van der Waals surface area contributed by atoms with Crippen molar-refractivity contribution in [2.24, 2.45) is 11.7 Å². The Morgan fingerprint density at radius 3 is 2.16 bits per heavy atom. The van der Waals surface area contributed by atoms with Gasteiger partial charge in [0.1, 0.15) is 11.5 Å². The van der Waals surface area contributed by atoms with Crippen molar-refractivity contribution >= 4 is 11.5 Å². The van der Waals surface area contributed by atoms with Crippen molar-refractivity contribution in [3.63, 3.8) is 0 Å². The molecular formula is C21H27N3O. The van der Waals surface area contributed by atoms with Crippen LogP contribution in [0.1, 0.15) is 47.8 Å². The van der Waals surface area contributed by atoms with E-state index in [4.69, 9.17) is 10.5 Å². The molecule has 0 fully saturated rings. The molecular weight excluding hydrogens is 310 g/mol. The zero-order valence-corrected chi connectivity index (χ0v) is 15.8. The Labute approximate surface area is 150 Å². The summed E-state index contributed by atoms with van der Waals surface area (Å²) >= 11 is 0. The summed E-state index contributed by atoms with van der Waals surface area (Å²) in [6.45, 7) is 14.3. The van der Waals surface area contributed by atoms with Gasteiger partial charge in [-0.05, 0) is 57.4 Å². The molecule has 0 bridgehead atoms. The second-order valence-electron chi connectivity index (χ2n) is 6.78. The van der Waals surface area contributed by atoms with Gasteiger partial charge in [0.2, 0.25) is 0 Å². The number of hydrogen-bond donors (Lipinski definition) is 1. The largest absolute Gasteiger partial charge is 0.455 e. The molecule has 0 radical (unpaired) electrons. The highest BCUT2D eigenvalue weighted by atomic mass is 16.5. The van der Waals surface area contributed by atoms with Gasteiger partial charge in [-0.15, -0.1) is 0 Å². The van der Waals surface area contributed by atoms with Crippen molar-refractivity contribution in [2.45, 2.75) is 41.0 Å². The topological polar surface area (TPSA) is 61.0 Å². The van der Waals surface area contributed by atoms with E-state index in [1.165, 1.54) is 6.20 Å². The summed E-state index contributed by atoms with van der Waals surface area (Å²) in [6, 6.07) is 7.90. The predicted octanol–water partition coefficient (Wildman–Crippen LogP) is 4.54. The van der Waals surface area contributed by atoms with E-state index in [1.807, 2.05) is 45.0 Å². The first kappa shape index (κ1) is 18.7. The number of nitrogens with two attached hydrogens (primary N) is 1. The summed E-state index contributed by atoms with van der Waals surface area (Å²) in [7, 11) is 0. The highest BCUT2D eigenvalue weighted by Gasteiger charge is 2.11. The minimum absolute atomic E-state index is 0.533. The van der Waals surface area contributed by atoms with Crippen LogP contribution in [0.4, 0.5) is 0 Å². The summed E-state index contributed by atoms with van der Waals surface area (Å²) in [5, 5.41) is 0. The normalized spacial score (nSPS) is 11.7. The third kappa shape index (κ3) is 5.18. The number of ether oxygens (including phenoxy) is 1. The number of aromatic nitrogens is 2. The maximum Gasteiger partial charge on any atom is 0.150 e. The van der Waals surface area contributed by atoms with Crippen molar-refractivity contribution in [1.29, 1.82) is 0 Å². The molecule has 2 aromatic rings. The van der Waals surface area contributed by atoms with Crippen LogP contribution in [0.3, 0.4) is 0 Å². The lowest BCUT2D eigenvalue weighted by molar-refractivity contribution is 0.470. The lowest BCUT2D eigenvalue weighted by Gasteiger charge is -2.15. The lowest BCUT2D eigenvalue weighted by atomic mass is 10.0. The fraction of sp³-hybridized carbons (Fsp3) is 0.333. The Morgan fingerprint density at radius 1 is 1.04 bits per heavy atom. The second-order valence-corrected chi connectivity index (χ2v) is 6.78. The average molecular weight is 337 g/mol. The van der Waals surface area contributed by atoms with E-state index in [0.717, 1.165) is 40.3 Å². The van der Waals surface area contributed by atoms with Crippen LogP contribution in [-0.2, 0) is 11.2 Å². The molecule has 0 spiro atoms. The van der Waals surface area contributed by atoms with E-state index in [9.17, 15) is 0 Å². The third-order valence-corrected chi connectivity index (χ3v) is 3.70. The predicted molar refractivity (Wildman–Crippen MR) is 104 cm³/mol. The number of hydrogen-bond acceptors (Lipinski definition) is 4. The van der Waals surface area contributed by atoms with Crippen LogP contribution in [0.15, 0.2) is 37.0 Å². The molecule has 0 aliphatic rings. The first-order chi connectivity index (χ1) is 11.8. The van der Waals surface area contributed by atoms with Crippen LogP contribution < -0.4 is 5.73 Å². The molecule has 25 heavy (non-hydrogen) atoms. The van der Waals surface area contributed by atoms with E-state index in [1.54, 1.807) is 0 Å². The zero-order valence-electron chi connectivity index (χ0n) is 15.8. The molecule has 0 saturated carbocycles. The van der Waals surface area contributed by atoms with E-state index >= 15 is 0 Å². The Kier molecular flexibility index (Phi) is 5.97. The molecule has 0 aliphatic heterocycles. The highest BCUT2D eigenvalue weighted by Crippen LogP contribution is 2.25. The molecule has 2 aromatic heterocycles. The van der Waals surface area contributed by atoms with Gasteiger partial charge in [0.15, 0.2) is 0 Å². The standard InChI is InChI=1S/C21H27N3O/c1-13(2)7-20-11-19(10-16(5)24-20)21(12-22)25-17(6)18-8-14(3)23-15(4)9-18/h8-13H,6-7,22H2,1-5H3/b21-12-. The molecule has 0 amide bonds. The minimum atomic E-state index is 0.533. The van der Waals surface area contributed by atoms with Gasteiger partial charge < -0.3 is 10.5 Å². The molecule has 4 nitrogen and oxygen atoms in total. The number of rotatable bonds is 6. The van der Waals surface area contributed by atoms with Gasteiger partial charge in [-0.25, -0.2) is 0 Å². The van der Waals surface area contributed by atoms with E-state index in [-0.39, 0.29) is 0 Å². The van der Waals surface area contributed by atoms with E-state index < -0.39 is 0 Å². The molecule has 0 unspecified atom stereocenters. The van der Waals surface area contributed by atoms with Crippen LogP contribution >= 0.6 is 0 Å². The maximum atomic E-state index is 5.98. The van der Waals surface area contributed by atoms with E-state index in [0.29, 0.717) is 17.4 Å². The molecule has 4 heteroatoms. The third-order valence-electron chi connectivity index (χ3n) is 3.70. The van der Waals surface area contributed by atoms with Crippen LogP contribution in [0.2, 0.25) is 0 Å². The number of pyridine rings is 2. The van der Waals surface area contributed by atoms with Crippen molar-refractivity contribution in [2.75, 3.05) is 0 Å². The fourth-order valence-corrected chi connectivity index (χ4v) is 2.78. The first-order valence-corrected chi connectivity index (χ1v) is 8.50. The molecule has 132 valence electrons. The molecule has 0 atom stereocenters. The van der Waals surface area contributed by atoms with Crippen molar-refractivity contribution in [3.8, 4) is 0 Å². The van der Waals surface area contributed by atoms with Gasteiger partial charge in [0.25, 0.3) is 0 Å². The zero-order chi connectivity index (χ0) is 18.6. The Hall–Kier alpha value is -2.62. The molecule has 2 N–H and O–H groups in total. The summed E-state index contributed by atoms with van der Waals surface area (Å²) in [6.07, 6.45) is 2.39. The van der Waals surface area contributed by atoms with Crippen LogP contribution in [0, 0.1) is 26.7 Å². The maximum absolute atomic E-state index is 5.98. The van der Waals surface area contributed by atoms with Gasteiger partial charge in [0, 0.05) is 40.1 Å².